The lowest BCUT2D eigenvalue weighted by atomic mass is 10.1. The van der Waals surface area contributed by atoms with Crippen molar-refractivity contribution in [1.82, 2.24) is 5.32 Å². The first-order chi connectivity index (χ1) is 11.4. The topological polar surface area (TPSA) is 71.3 Å². The van der Waals surface area contributed by atoms with Gasteiger partial charge in [-0.3, -0.25) is 4.79 Å². The van der Waals surface area contributed by atoms with Crippen LogP contribution >= 0.6 is 15.9 Å². The third-order valence-electron chi connectivity index (χ3n) is 2.88. The number of hydrogen-bond acceptors (Lipinski definition) is 4. The highest BCUT2D eigenvalue weighted by Gasteiger charge is 2.14. The van der Waals surface area contributed by atoms with Crippen molar-refractivity contribution in [3.63, 3.8) is 0 Å². The lowest BCUT2D eigenvalue weighted by Crippen LogP contribution is -2.30. The van der Waals surface area contributed by atoms with Gasteiger partial charge in [0.15, 0.2) is 11.5 Å². The summed E-state index contributed by atoms with van der Waals surface area (Å²) in [6, 6.07) is 5.46. The van der Waals surface area contributed by atoms with E-state index in [1.807, 2.05) is 33.8 Å². The smallest absolute Gasteiger partial charge is 0.262 e. The fraction of sp³-hybridized carbons (Fsp3) is 0.444. The molecule has 24 heavy (non-hydrogen) atoms. The number of halogens is 1. The van der Waals surface area contributed by atoms with Crippen molar-refractivity contribution < 1.29 is 14.3 Å². The minimum atomic E-state index is -0.395. The highest BCUT2D eigenvalue weighted by Crippen LogP contribution is 2.37. The van der Waals surface area contributed by atoms with Gasteiger partial charge < -0.3 is 14.8 Å². The minimum absolute atomic E-state index is 0.0372. The Morgan fingerprint density at radius 2 is 2.08 bits per heavy atom. The summed E-state index contributed by atoms with van der Waals surface area (Å²) < 4.78 is 12.1. The van der Waals surface area contributed by atoms with E-state index in [9.17, 15) is 10.1 Å². The molecule has 1 amide bonds. The molecule has 5 nitrogen and oxygen atoms in total. The molecule has 0 saturated heterocycles. The van der Waals surface area contributed by atoms with E-state index >= 15 is 0 Å². The Bertz CT molecular complexity index is 648. The number of benzene rings is 1. The van der Waals surface area contributed by atoms with E-state index < -0.39 is 5.91 Å². The molecule has 0 aliphatic heterocycles. The average molecular weight is 395 g/mol. The molecule has 0 heterocycles. The van der Waals surface area contributed by atoms with Crippen LogP contribution in [0.25, 0.3) is 6.08 Å². The molecule has 0 spiro atoms. The molecule has 0 aliphatic rings. The molecule has 6 heteroatoms. The lowest BCUT2D eigenvalue weighted by molar-refractivity contribution is -0.117. The van der Waals surface area contributed by atoms with E-state index in [2.05, 4.69) is 21.2 Å². The van der Waals surface area contributed by atoms with Gasteiger partial charge in [0.25, 0.3) is 5.91 Å². The van der Waals surface area contributed by atoms with Gasteiger partial charge in [0.05, 0.1) is 17.7 Å². The summed E-state index contributed by atoms with van der Waals surface area (Å²) in [5.74, 6) is 0.807. The second kappa shape index (κ2) is 9.99. The van der Waals surface area contributed by atoms with Crippen LogP contribution in [0, 0.1) is 11.3 Å². The van der Waals surface area contributed by atoms with Gasteiger partial charge in [0, 0.05) is 6.04 Å². The van der Waals surface area contributed by atoms with Crippen LogP contribution in [0.3, 0.4) is 0 Å². The van der Waals surface area contributed by atoms with E-state index in [1.165, 1.54) is 6.08 Å². The van der Waals surface area contributed by atoms with Crippen molar-refractivity contribution in [3.8, 4) is 17.6 Å². The van der Waals surface area contributed by atoms with E-state index in [4.69, 9.17) is 9.47 Å². The summed E-state index contributed by atoms with van der Waals surface area (Å²) in [5.41, 5.74) is 0.727. The first kappa shape index (κ1) is 20.0. The molecule has 0 aromatic heterocycles. The van der Waals surface area contributed by atoms with Crippen LogP contribution in [-0.4, -0.2) is 25.2 Å². The summed E-state index contributed by atoms with van der Waals surface area (Å²) in [6.07, 6.45) is 2.42. The molecule has 0 fully saturated rings. The van der Waals surface area contributed by atoms with E-state index in [0.717, 1.165) is 10.9 Å². The lowest BCUT2D eigenvalue weighted by Gasteiger charge is -2.14. The van der Waals surface area contributed by atoms with Gasteiger partial charge in [-0.25, -0.2) is 0 Å². The molecule has 130 valence electrons. The second-order valence-electron chi connectivity index (χ2n) is 5.41. The number of carbonyl (C=O) groups is 1. The van der Waals surface area contributed by atoms with Crippen molar-refractivity contribution in [2.75, 3.05) is 13.2 Å². The molecule has 1 rings (SSSR count). The number of rotatable bonds is 8. The Balaban J connectivity index is 3.21. The van der Waals surface area contributed by atoms with Gasteiger partial charge >= 0.3 is 0 Å². The predicted molar refractivity (Wildman–Crippen MR) is 98.0 cm³/mol. The number of nitrogens with one attached hydrogen (secondary N) is 1. The minimum Gasteiger partial charge on any atom is -0.490 e. The molecule has 0 atom stereocenters. The molecule has 0 radical (unpaired) electrons. The highest BCUT2D eigenvalue weighted by atomic mass is 79.9. The average Bonchev–Trinajstić information content (AvgIpc) is 2.51. The predicted octanol–water partition coefficient (Wildman–Crippen LogP) is 4.07. The molecule has 1 N–H and O–H groups in total. The zero-order valence-corrected chi connectivity index (χ0v) is 16.1. The van der Waals surface area contributed by atoms with E-state index in [-0.39, 0.29) is 11.6 Å². The number of nitriles is 1. The maximum Gasteiger partial charge on any atom is 0.262 e. The summed E-state index contributed by atoms with van der Waals surface area (Å²) in [6.45, 7) is 8.66. The monoisotopic (exact) mass is 394 g/mol. The maximum absolute atomic E-state index is 12.0. The van der Waals surface area contributed by atoms with Crippen molar-refractivity contribution in [1.29, 1.82) is 5.26 Å². The van der Waals surface area contributed by atoms with Crippen molar-refractivity contribution in [2.45, 2.75) is 40.2 Å². The summed E-state index contributed by atoms with van der Waals surface area (Å²) in [4.78, 5) is 12.0. The molecule has 0 unspecified atom stereocenters. The van der Waals surface area contributed by atoms with Gasteiger partial charge in [-0.05, 0) is 66.9 Å². The second-order valence-corrected chi connectivity index (χ2v) is 6.26. The largest absolute Gasteiger partial charge is 0.490 e. The van der Waals surface area contributed by atoms with Crippen LogP contribution in [0.15, 0.2) is 22.2 Å². The Morgan fingerprint density at radius 1 is 1.38 bits per heavy atom. The SMILES string of the molecule is CCCOc1c(Br)cc(/C=C(\C#N)C(=O)NC(C)C)cc1OCC. The molecule has 0 bridgehead atoms. The number of nitrogens with zero attached hydrogens (tertiary/aromatic N) is 1. The molecular formula is C18H23BrN2O3. The zero-order valence-electron chi connectivity index (χ0n) is 14.5. The van der Waals surface area contributed by atoms with Gasteiger partial charge in [-0.1, -0.05) is 6.92 Å². The van der Waals surface area contributed by atoms with Gasteiger partial charge in [0.1, 0.15) is 11.6 Å². The number of hydrogen-bond donors (Lipinski definition) is 1. The quantitative estimate of drug-likeness (QED) is 0.532. The molecular weight excluding hydrogens is 372 g/mol. The Hall–Kier alpha value is -2.00. The molecule has 0 saturated carbocycles. The number of ether oxygens (including phenoxy) is 2. The van der Waals surface area contributed by atoms with Crippen LogP contribution in [0.4, 0.5) is 0 Å². The van der Waals surface area contributed by atoms with E-state index in [0.29, 0.717) is 30.3 Å². The Labute approximate surface area is 151 Å². The first-order valence-electron chi connectivity index (χ1n) is 7.94. The summed E-state index contributed by atoms with van der Waals surface area (Å²) in [5, 5.41) is 11.9. The fourth-order valence-corrected chi connectivity index (χ4v) is 2.51. The van der Waals surface area contributed by atoms with Crippen LogP contribution in [0.5, 0.6) is 11.5 Å². The van der Waals surface area contributed by atoms with Crippen molar-refractivity contribution in [2.24, 2.45) is 0 Å². The third-order valence-corrected chi connectivity index (χ3v) is 3.47. The zero-order chi connectivity index (χ0) is 18.1. The fourth-order valence-electron chi connectivity index (χ4n) is 1.93. The van der Waals surface area contributed by atoms with Crippen molar-refractivity contribution in [3.05, 3.63) is 27.7 Å². The van der Waals surface area contributed by atoms with Gasteiger partial charge in [-0.15, -0.1) is 0 Å². The van der Waals surface area contributed by atoms with Crippen LogP contribution in [0.2, 0.25) is 0 Å². The summed E-state index contributed by atoms with van der Waals surface area (Å²) in [7, 11) is 0. The Kier molecular flexibility index (Phi) is 8.34. The first-order valence-corrected chi connectivity index (χ1v) is 8.73. The maximum atomic E-state index is 12.0. The molecule has 1 aromatic carbocycles. The van der Waals surface area contributed by atoms with Crippen LogP contribution < -0.4 is 14.8 Å². The number of amides is 1. The van der Waals surface area contributed by atoms with Gasteiger partial charge in [-0.2, -0.15) is 5.26 Å². The normalized spacial score (nSPS) is 11.1. The van der Waals surface area contributed by atoms with E-state index in [1.54, 1.807) is 12.1 Å². The van der Waals surface area contributed by atoms with Gasteiger partial charge in [0.2, 0.25) is 0 Å². The highest BCUT2D eigenvalue weighted by molar-refractivity contribution is 9.10. The molecule has 0 aliphatic carbocycles. The number of carbonyl (C=O) groups excluding carboxylic acids is 1. The van der Waals surface area contributed by atoms with Crippen molar-refractivity contribution >= 4 is 27.9 Å². The standard InChI is InChI=1S/C18H23BrN2O3/c1-5-7-24-17-15(19)9-13(10-16(17)23-6-2)8-14(11-20)18(22)21-12(3)4/h8-10,12H,5-7H2,1-4H3,(H,21,22)/b14-8+. The van der Waals surface area contributed by atoms with Crippen LogP contribution in [0.1, 0.15) is 39.7 Å². The summed E-state index contributed by atoms with van der Waals surface area (Å²) >= 11 is 3.47. The molecule has 1 aromatic rings. The van der Waals surface area contributed by atoms with Crippen LogP contribution in [-0.2, 0) is 4.79 Å². The Morgan fingerprint density at radius 3 is 2.62 bits per heavy atom. The third kappa shape index (κ3) is 5.89.